The standard InChI is InChI=1S/C22H19ClN2O4S/c23-17-8-4-14(5-9-17)15-6-10-19(11-7-15)30(28,29)25-22(21(26)27)13-20(22)16-2-1-3-18(24)12-16/h1-12,20,25H,13,24H2,(H,26,27)/t20-,22+/m0/s1. The molecule has 1 fully saturated rings. The van der Waals surface area contributed by atoms with E-state index in [1.807, 2.05) is 12.1 Å². The first kappa shape index (κ1) is 20.4. The highest BCUT2D eigenvalue weighted by atomic mass is 35.5. The Morgan fingerprint density at radius 1 is 1.03 bits per heavy atom. The summed E-state index contributed by atoms with van der Waals surface area (Å²) in [6.45, 7) is 0. The highest BCUT2D eigenvalue weighted by Gasteiger charge is 2.63. The molecular formula is C22H19ClN2O4S. The van der Waals surface area contributed by atoms with Gasteiger partial charge in [0.2, 0.25) is 10.0 Å². The van der Waals surface area contributed by atoms with Gasteiger partial charge in [-0.3, -0.25) is 4.79 Å². The predicted octanol–water partition coefficient (Wildman–Crippen LogP) is 3.88. The summed E-state index contributed by atoms with van der Waals surface area (Å²) in [6, 6.07) is 20.3. The number of sulfonamides is 1. The van der Waals surface area contributed by atoms with E-state index in [-0.39, 0.29) is 11.3 Å². The van der Waals surface area contributed by atoms with Crippen LogP contribution in [0.3, 0.4) is 0 Å². The van der Waals surface area contributed by atoms with E-state index in [0.29, 0.717) is 16.3 Å². The SMILES string of the molecule is Nc1cccc([C@@H]2C[C@]2(NS(=O)(=O)c2ccc(-c3ccc(Cl)cc3)cc2)C(=O)O)c1. The van der Waals surface area contributed by atoms with Crippen LogP contribution in [0.4, 0.5) is 5.69 Å². The van der Waals surface area contributed by atoms with Crippen LogP contribution in [0.5, 0.6) is 0 Å². The van der Waals surface area contributed by atoms with Crippen molar-refractivity contribution >= 4 is 33.3 Å². The molecule has 1 saturated carbocycles. The Labute approximate surface area is 179 Å². The van der Waals surface area contributed by atoms with E-state index in [9.17, 15) is 18.3 Å². The molecular weight excluding hydrogens is 424 g/mol. The Hall–Kier alpha value is -2.87. The van der Waals surface area contributed by atoms with Crippen LogP contribution in [-0.4, -0.2) is 25.0 Å². The molecule has 3 aromatic carbocycles. The average Bonchev–Trinajstić information content (AvgIpc) is 3.44. The van der Waals surface area contributed by atoms with Crippen molar-refractivity contribution in [3.63, 3.8) is 0 Å². The molecule has 1 aliphatic rings. The third-order valence-corrected chi connectivity index (χ3v) is 7.09. The Morgan fingerprint density at radius 3 is 2.20 bits per heavy atom. The highest BCUT2D eigenvalue weighted by molar-refractivity contribution is 7.89. The van der Waals surface area contributed by atoms with Gasteiger partial charge >= 0.3 is 5.97 Å². The molecule has 0 heterocycles. The summed E-state index contributed by atoms with van der Waals surface area (Å²) in [5.41, 5.74) is 7.11. The van der Waals surface area contributed by atoms with Crippen LogP contribution in [0.25, 0.3) is 11.1 Å². The van der Waals surface area contributed by atoms with Crippen molar-refractivity contribution in [2.24, 2.45) is 0 Å². The van der Waals surface area contributed by atoms with Gasteiger partial charge in [0.05, 0.1) is 4.90 Å². The molecule has 6 nitrogen and oxygen atoms in total. The largest absolute Gasteiger partial charge is 0.480 e. The lowest BCUT2D eigenvalue weighted by molar-refractivity contribution is -0.140. The maximum Gasteiger partial charge on any atom is 0.325 e. The molecule has 4 N–H and O–H groups in total. The topological polar surface area (TPSA) is 109 Å². The van der Waals surface area contributed by atoms with E-state index in [4.69, 9.17) is 17.3 Å². The predicted molar refractivity (Wildman–Crippen MR) is 116 cm³/mol. The number of nitrogen functional groups attached to an aromatic ring is 1. The van der Waals surface area contributed by atoms with Crippen LogP contribution in [0.15, 0.2) is 77.7 Å². The molecule has 30 heavy (non-hydrogen) atoms. The van der Waals surface area contributed by atoms with Crippen molar-refractivity contribution in [2.45, 2.75) is 22.8 Å². The van der Waals surface area contributed by atoms with Crippen LogP contribution >= 0.6 is 11.6 Å². The van der Waals surface area contributed by atoms with Crippen LogP contribution in [0, 0.1) is 0 Å². The number of anilines is 1. The lowest BCUT2D eigenvalue weighted by atomic mass is 10.1. The van der Waals surface area contributed by atoms with Gasteiger partial charge in [0.25, 0.3) is 0 Å². The highest BCUT2D eigenvalue weighted by Crippen LogP contribution is 2.52. The van der Waals surface area contributed by atoms with Gasteiger partial charge in [0.1, 0.15) is 5.54 Å². The third-order valence-electron chi connectivity index (χ3n) is 5.31. The number of carbonyl (C=O) groups is 1. The molecule has 154 valence electrons. The Balaban J connectivity index is 1.58. The van der Waals surface area contributed by atoms with Gasteiger partial charge < -0.3 is 10.8 Å². The van der Waals surface area contributed by atoms with E-state index in [1.54, 1.807) is 48.5 Å². The van der Waals surface area contributed by atoms with Crippen LogP contribution in [-0.2, 0) is 14.8 Å². The second-order valence-corrected chi connectivity index (χ2v) is 9.46. The zero-order valence-electron chi connectivity index (χ0n) is 15.7. The lowest BCUT2D eigenvalue weighted by Crippen LogP contribution is -2.44. The molecule has 0 spiro atoms. The quantitative estimate of drug-likeness (QED) is 0.502. The number of nitrogens with two attached hydrogens (primary N) is 1. The average molecular weight is 443 g/mol. The number of hydrogen-bond acceptors (Lipinski definition) is 4. The number of halogens is 1. The van der Waals surface area contributed by atoms with Gasteiger partial charge in [-0.25, -0.2) is 8.42 Å². The molecule has 8 heteroatoms. The number of carboxylic acids is 1. The van der Waals surface area contributed by atoms with E-state index in [1.165, 1.54) is 12.1 Å². The molecule has 2 atom stereocenters. The van der Waals surface area contributed by atoms with Crippen LogP contribution in [0.2, 0.25) is 5.02 Å². The molecule has 1 aliphatic carbocycles. The minimum absolute atomic E-state index is 0.000867. The number of carboxylic acid groups (broad SMARTS) is 1. The van der Waals surface area contributed by atoms with Crippen LogP contribution in [0.1, 0.15) is 17.9 Å². The first-order valence-electron chi connectivity index (χ1n) is 9.20. The molecule has 0 aliphatic heterocycles. The third kappa shape index (κ3) is 3.79. The second kappa shape index (κ2) is 7.43. The number of hydrogen-bond donors (Lipinski definition) is 3. The van der Waals surface area contributed by atoms with Gasteiger partial charge in [0.15, 0.2) is 0 Å². The first-order valence-corrected chi connectivity index (χ1v) is 11.1. The van der Waals surface area contributed by atoms with Gasteiger partial charge in [-0.05, 0) is 59.5 Å². The smallest absolute Gasteiger partial charge is 0.325 e. The number of rotatable bonds is 6. The summed E-state index contributed by atoms with van der Waals surface area (Å²) in [4.78, 5) is 12.0. The fourth-order valence-electron chi connectivity index (χ4n) is 3.60. The van der Waals surface area contributed by atoms with Gasteiger partial charge in [-0.2, -0.15) is 4.72 Å². The normalized spacial score (nSPS) is 20.6. The van der Waals surface area contributed by atoms with Crippen molar-refractivity contribution < 1.29 is 18.3 Å². The van der Waals surface area contributed by atoms with Crippen LogP contribution < -0.4 is 10.5 Å². The summed E-state index contributed by atoms with van der Waals surface area (Å²) < 4.78 is 28.2. The van der Waals surface area contributed by atoms with E-state index >= 15 is 0 Å². The molecule has 4 rings (SSSR count). The Bertz CT molecular complexity index is 1210. The van der Waals surface area contributed by atoms with Crippen molar-refractivity contribution in [3.05, 3.63) is 83.4 Å². The van der Waals surface area contributed by atoms with Gasteiger partial charge in [-0.1, -0.05) is 48.0 Å². The fraction of sp³-hybridized carbons (Fsp3) is 0.136. The van der Waals surface area contributed by atoms with Crippen molar-refractivity contribution in [3.8, 4) is 11.1 Å². The zero-order valence-corrected chi connectivity index (χ0v) is 17.3. The zero-order chi connectivity index (χ0) is 21.5. The summed E-state index contributed by atoms with van der Waals surface area (Å²) in [5, 5.41) is 10.4. The maximum absolute atomic E-state index is 12.9. The molecule has 3 aromatic rings. The van der Waals surface area contributed by atoms with E-state index in [0.717, 1.165) is 11.1 Å². The number of aliphatic carboxylic acids is 1. The minimum atomic E-state index is -4.04. The van der Waals surface area contributed by atoms with E-state index < -0.39 is 27.4 Å². The van der Waals surface area contributed by atoms with Gasteiger partial charge in [-0.15, -0.1) is 0 Å². The number of nitrogens with one attached hydrogen (secondary N) is 1. The lowest BCUT2D eigenvalue weighted by Gasteiger charge is -2.16. The molecule has 0 saturated heterocycles. The number of benzene rings is 3. The minimum Gasteiger partial charge on any atom is -0.480 e. The molecule has 0 radical (unpaired) electrons. The van der Waals surface area contributed by atoms with E-state index in [2.05, 4.69) is 4.72 Å². The Kier molecular flexibility index (Phi) is 5.05. The monoisotopic (exact) mass is 442 g/mol. The van der Waals surface area contributed by atoms with Crippen molar-refractivity contribution in [2.75, 3.05) is 5.73 Å². The molecule has 0 unspecified atom stereocenters. The second-order valence-electron chi connectivity index (χ2n) is 7.34. The van der Waals surface area contributed by atoms with Gasteiger partial charge in [0, 0.05) is 16.6 Å². The molecule has 0 amide bonds. The summed E-state index contributed by atoms with van der Waals surface area (Å²) in [5.74, 6) is -1.70. The first-order chi connectivity index (χ1) is 14.2. The molecule has 0 bridgehead atoms. The fourth-order valence-corrected chi connectivity index (χ4v) is 5.13. The summed E-state index contributed by atoms with van der Waals surface area (Å²) in [6.07, 6.45) is 0.161. The summed E-state index contributed by atoms with van der Waals surface area (Å²) >= 11 is 5.90. The van der Waals surface area contributed by atoms with Crippen molar-refractivity contribution in [1.29, 1.82) is 0 Å². The molecule has 0 aromatic heterocycles. The summed E-state index contributed by atoms with van der Waals surface area (Å²) in [7, 11) is -4.04. The van der Waals surface area contributed by atoms with Crippen molar-refractivity contribution in [1.82, 2.24) is 4.72 Å². The maximum atomic E-state index is 12.9. The Morgan fingerprint density at radius 2 is 1.63 bits per heavy atom.